The number of carbonyl (C=O) groups excluding carboxylic acids is 1. The minimum absolute atomic E-state index is 0.307. The van der Waals surface area contributed by atoms with Gasteiger partial charge in [-0.15, -0.1) is 0 Å². The molecule has 7 heteroatoms. The highest BCUT2D eigenvalue weighted by atomic mass is 35.5. The van der Waals surface area contributed by atoms with Crippen LogP contribution in [0.15, 0.2) is 67.3 Å². The number of carbonyl (C=O) groups is 1. The van der Waals surface area contributed by atoms with Gasteiger partial charge < -0.3 is 10.1 Å². The maximum Gasteiger partial charge on any atom is 0.339 e. The van der Waals surface area contributed by atoms with E-state index in [-0.39, 0.29) is 0 Å². The summed E-state index contributed by atoms with van der Waals surface area (Å²) >= 11 is 6.08. The Hall–Kier alpha value is -3.51. The minimum atomic E-state index is -0.406. The van der Waals surface area contributed by atoms with E-state index in [1.54, 1.807) is 31.6 Å². The maximum absolute atomic E-state index is 12.1. The number of hydrogen-bond acceptors (Lipinski definition) is 6. The van der Waals surface area contributed by atoms with Crippen LogP contribution in [0.25, 0.3) is 22.0 Å². The van der Waals surface area contributed by atoms with Crippen LogP contribution in [-0.4, -0.2) is 27.5 Å². The lowest BCUT2D eigenvalue weighted by Gasteiger charge is -2.12. The molecule has 144 valence electrons. The van der Waals surface area contributed by atoms with Crippen LogP contribution < -0.4 is 5.32 Å². The van der Waals surface area contributed by atoms with Gasteiger partial charge in [-0.05, 0) is 37.3 Å². The molecule has 0 bridgehead atoms. The summed E-state index contributed by atoms with van der Waals surface area (Å²) in [6, 6.07) is 13.0. The van der Waals surface area contributed by atoms with Gasteiger partial charge in [0, 0.05) is 52.0 Å². The lowest BCUT2D eigenvalue weighted by Crippen LogP contribution is -2.05. The minimum Gasteiger partial charge on any atom is -0.462 e. The van der Waals surface area contributed by atoms with Crippen molar-refractivity contribution in [1.82, 2.24) is 15.0 Å². The first-order chi connectivity index (χ1) is 14.2. The summed E-state index contributed by atoms with van der Waals surface area (Å²) < 4.78 is 5.07. The summed E-state index contributed by atoms with van der Waals surface area (Å²) in [5.41, 5.74) is 3.49. The van der Waals surface area contributed by atoms with Gasteiger partial charge in [0.25, 0.3) is 0 Å². The van der Waals surface area contributed by atoms with Gasteiger partial charge in [0.2, 0.25) is 0 Å². The monoisotopic (exact) mass is 404 g/mol. The lowest BCUT2D eigenvalue weighted by atomic mass is 10.0. The second-order valence-electron chi connectivity index (χ2n) is 6.24. The van der Waals surface area contributed by atoms with Crippen molar-refractivity contribution in [2.24, 2.45) is 0 Å². The SMILES string of the molecule is CCOC(=O)c1cncc(-c2cnc(Nc3cccc(Cl)c3)c3ncccc23)c1. The number of ether oxygens (including phenoxy) is 1. The second-order valence-corrected chi connectivity index (χ2v) is 6.67. The van der Waals surface area contributed by atoms with Crippen molar-refractivity contribution in [1.29, 1.82) is 0 Å². The topological polar surface area (TPSA) is 77.0 Å². The Morgan fingerprint density at radius 2 is 2.00 bits per heavy atom. The van der Waals surface area contributed by atoms with E-state index >= 15 is 0 Å². The van der Waals surface area contributed by atoms with E-state index in [1.165, 1.54) is 6.20 Å². The molecular weight excluding hydrogens is 388 g/mol. The van der Waals surface area contributed by atoms with Gasteiger partial charge in [0.15, 0.2) is 5.82 Å². The Balaban J connectivity index is 1.78. The number of rotatable bonds is 5. The lowest BCUT2D eigenvalue weighted by molar-refractivity contribution is 0.0526. The van der Waals surface area contributed by atoms with E-state index in [0.29, 0.717) is 28.5 Å². The van der Waals surface area contributed by atoms with Crippen LogP contribution in [0, 0.1) is 0 Å². The van der Waals surface area contributed by atoms with Gasteiger partial charge in [-0.3, -0.25) is 9.97 Å². The van der Waals surface area contributed by atoms with Gasteiger partial charge in [-0.2, -0.15) is 0 Å². The van der Waals surface area contributed by atoms with Crippen molar-refractivity contribution in [2.75, 3.05) is 11.9 Å². The molecule has 1 N–H and O–H groups in total. The number of benzene rings is 1. The molecule has 4 aromatic rings. The van der Waals surface area contributed by atoms with Crippen molar-refractivity contribution in [3.63, 3.8) is 0 Å². The number of nitrogens with zero attached hydrogens (tertiary/aromatic N) is 3. The first-order valence-corrected chi connectivity index (χ1v) is 9.42. The Morgan fingerprint density at radius 1 is 1.10 bits per heavy atom. The standard InChI is InChI=1S/C22H17ClN4O2/c1-2-29-22(28)15-9-14(11-24-12-15)19-13-26-21(20-18(19)7-4-8-25-20)27-17-6-3-5-16(23)10-17/h3-13H,2H2,1H3,(H,26,27). The van der Waals surface area contributed by atoms with Crippen molar-refractivity contribution in [3.8, 4) is 11.1 Å². The third-order valence-corrected chi connectivity index (χ3v) is 4.53. The molecule has 0 aliphatic rings. The zero-order valence-electron chi connectivity index (χ0n) is 15.6. The predicted octanol–water partition coefficient (Wildman–Crippen LogP) is 5.27. The number of pyridine rings is 3. The van der Waals surface area contributed by atoms with Crippen molar-refractivity contribution in [3.05, 3.63) is 77.8 Å². The van der Waals surface area contributed by atoms with Crippen LogP contribution in [0.4, 0.5) is 11.5 Å². The van der Waals surface area contributed by atoms with E-state index in [1.807, 2.05) is 36.4 Å². The molecule has 3 heterocycles. The first kappa shape index (κ1) is 18.8. The molecule has 29 heavy (non-hydrogen) atoms. The molecule has 0 spiro atoms. The molecule has 0 atom stereocenters. The number of aromatic nitrogens is 3. The average Bonchev–Trinajstić information content (AvgIpc) is 2.74. The molecule has 0 aliphatic carbocycles. The summed E-state index contributed by atoms with van der Waals surface area (Å²) in [6.45, 7) is 2.07. The Kier molecular flexibility index (Phi) is 5.35. The van der Waals surface area contributed by atoms with E-state index in [4.69, 9.17) is 16.3 Å². The fourth-order valence-corrected chi connectivity index (χ4v) is 3.20. The largest absolute Gasteiger partial charge is 0.462 e. The van der Waals surface area contributed by atoms with E-state index in [9.17, 15) is 4.79 Å². The number of anilines is 2. The summed E-state index contributed by atoms with van der Waals surface area (Å²) in [4.78, 5) is 25.3. The summed E-state index contributed by atoms with van der Waals surface area (Å²) in [7, 11) is 0. The van der Waals surface area contributed by atoms with Gasteiger partial charge in [-0.1, -0.05) is 23.7 Å². The van der Waals surface area contributed by atoms with E-state index < -0.39 is 5.97 Å². The molecule has 6 nitrogen and oxygen atoms in total. The fraction of sp³-hybridized carbons (Fsp3) is 0.0909. The highest BCUT2D eigenvalue weighted by Crippen LogP contribution is 2.32. The van der Waals surface area contributed by atoms with Crippen molar-refractivity contribution < 1.29 is 9.53 Å². The molecule has 4 rings (SSSR count). The number of nitrogens with one attached hydrogen (secondary N) is 1. The van der Waals surface area contributed by atoms with Gasteiger partial charge in [0.1, 0.15) is 5.52 Å². The molecule has 0 fully saturated rings. The normalized spacial score (nSPS) is 10.7. The maximum atomic E-state index is 12.1. The van der Waals surface area contributed by atoms with Crippen LogP contribution in [0.3, 0.4) is 0 Å². The molecular formula is C22H17ClN4O2. The number of halogens is 1. The molecule has 1 aromatic carbocycles. The van der Waals surface area contributed by atoms with E-state index in [2.05, 4.69) is 20.3 Å². The molecule has 0 unspecified atom stereocenters. The van der Waals surface area contributed by atoms with Crippen LogP contribution in [0.2, 0.25) is 5.02 Å². The highest BCUT2D eigenvalue weighted by Gasteiger charge is 2.14. The van der Waals surface area contributed by atoms with Crippen LogP contribution in [0.1, 0.15) is 17.3 Å². The Bertz CT molecular complexity index is 1200. The third-order valence-electron chi connectivity index (χ3n) is 4.29. The smallest absolute Gasteiger partial charge is 0.339 e. The molecule has 0 saturated carbocycles. The van der Waals surface area contributed by atoms with Gasteiger partial charge in [-0.25, -0.2) is 9.78 Å². The van der Waals surface area contributed by atoms with E-state index in [0.717, 1.165) is 22.2 Å². The Morgan fingerprint density at radius 3 is 2.83 bits per heavy atom. The number of esters is 1. The zero-order chi connectivity index (χ0) is 20.2. The first-order valence-electron chi connectivity index (χ1n) is 9.04. The van der Waals surface area contributed by atoms with Crippen LogP contribution in [-0.2, 0) is 4.74 Å². The quantitative estimate of drug-likeness (QED) is 0.457. The molecule has 0 radical (unpaired) electrons. The zero-order valence-corrected chi connectivity index (χ0v) is 16.3. The summed E-state index contributed by atoms with van der Waals surface area (Å²) in [5.74, 6) is 0.206. The molecule has 0 amide bonds. The Labute approximate surface area is 172 Å². The molecule has 0 saturated heterocycles. The van der Waals surface area contributed by atoms with Crippen molar-refractivity contribution in [2.45, 2.75) is 6.92 Å². The van der Waals surface area contributed by atoms with Crippen LogP contribution >= 0.6 is 11.6 Å². The van der Waals surface area contributed by atoms with Crippen LogP contribution in [0.5, 0.6) is 0 Å². The molecule has 0 aliphatic heterocycles. The summed E-state index contributed by atoms with van der Waals surface area (Å²) in [5, 5.41) is 4.78. The van der Waals surface area contributed by atoms with Gasteiger partial charge >= 0.3 is 5.97 Å². The molecule has 3 aromatic heterocycles. The highest BCUT2D eigenvalue weighted by molar-refractivity contribution is 6.30. The third kappa shape index (κ3) is 4.02. The van der Waals surface area contributed by atoms with Gasteiger partial charge in [0.05, 0.1) is 12.2 Å². The number of fused-ring (bicyclic) bond motifs is 1. The predicted molar refractivity (Wildman–Crippen MR) is 113 cm³/mol. The average molecular weight is 405 g/mol. The second kappa shape index (κ2) is 8.24. The fourth-order valence-electron chi connectivity index (χ4n) is 3.01. The van der Waals surface area contributed by atoms with Crippen molar-refractivity contribution >= 4 is 40.0 Å². The number of hydrogen-bond donors (Lipinski definition) is 1. The summed E-state index contributed by atoms with van der Waals surface area (Å²) in [6.07, 6.45) is 6.63.